The van der Waals surface area contributed by atoms with Gasteiger partial charge in [0, 0.05) is 6.61 Å². The van der Waals surface area contributed by atoms with Crippen molar-refractivity contribution in [2.45, 2.75) is 38.4 Å². The maximum Gasteiger partial charge on any atom is 0.0831 e. The van der Waals surface area contributed by atoms with Gasteiger partial charge < -0.3 is 9.84 Å². The van der Waals surface area contributed by atoms with E-state index in [0.29, 0.717) is 0 Å². The van der Waals surface area contributed by atoms with E-state index < -0.39 is 0 Å². The van der Waals surface area contributed by atoms with Crippen molar-refractivity contribution in [2.75, 3.05) is 6.61 Å². The molecule has 1 N–H and O–H groups in total. The van der Waals surface area contributed by atoms with Gasteiger partial charge in [0.15, 0.2) is 0 Å². The molecule has 0 spiro atoms. The number of aliphatic hydroxyl groups is 1. The third-order valence-electron chi connectivity index (χ3n) is 1.75. The Morgan fingerprint density at radius 2 is 2.33 bits per heavy atom. The molecule has 0 aliphatic carbocycles. The number of ether oxygens (including phenoxy) is 1. The highest BCUT2D eigenvalue weighted by molar-refractivity contribution is 4.67. The van der Waals surface area contributed by atoms with Gasteiger partial charge in [0.1, 0.15) is 0 Å². The molecule has 2 atom stereocenters. The Morgan fingerprint density at radius 1 is 1.56 bits per heavy atom. The minimum atomic E-state index is -0.287. The smallest absolute Gasteiger partial charge is 0.0831 e. The van der Waals surface area contributed by atoms with Crippen molar-refractivity contribution >= 4 is 0 Å². The van der Waals surface area contributed by atoms with E-state index in [9.17, 15) is 0 Å². The maximum atomic E-state index is 9.05. The van der Waals surface area contributed by atoms with Gasteiger partial charge in [-0.3, -0.25) is 0 Å². The Morgan fingerprint density at radius 3 is 2.67 bits per heavy atom. The first kappa shape index (κ1) is 7.03. The quantitative estimate of drug-likeness (QED) is 0.572. The summed E-state index contributed by atoms with van der Waals surface area (Å²) in [6.07, 6.45) is 3.21. The normalized spacial score (nSPS) is 32.0. The van der Waals surface area contributed by atoms with Crippen LogP contribution in [-0.2, 0) is 4.74 Å². The molecule has 9 heavy (non-hydrogen) atoms. The molecule has 2 heteroatoms. The first-order valence-electron chi connectivity index (χ1n) is 3.60. The summed E-state index contributed by atoms with van der Waals surface area (Å²) in [5.41, 5.74) is 0. The Bertz CT molecular complexity index is 75.0. The fraction of sp³-hybridized carbons (Fsp3) is 1.00. The van der Waals surface area contributed by atoms with E-state index in [1.807, 2.05) is 0 Å². The predicted octanol–water partition coefficient (Wildman–Crippen LogP) is 0.936. The lowest BCUT2D eigenvalue weighted by molar-refractivity contribution is -0.0544. The molecule has 0 aromatic rings. The van der Waals surface area contributed by atoms with Gasteiger partial charge in [-0.1, -0.05) is 0 Å². The molecule has 0 unspecified atom stereocenters. The molecule has 0 aromatic carbocycles. The lowest BCUT2D eigenvalue weighted by Crippen LogP contribution is -2.29. The van der Waals surface area contributed by atoms with Crippen molar-refractivity contribution in [3.63, 3.8) is 0 Å². The van der Waals surface area contributed by atoms with Crippen LogP contribution in [-0.4, -0.2) is 23.9 Å². The van der Waals surface area contributed by atoms with E-state index in [-0.39, 0.29) is 12.2 Å². The summed E-state index contributed by atoms with van der Waals surface area (Å²) in [5, 5.41) is 9.05. The van der Waals surface area contributed by atoms with Crippen molar-refractivity contribution in [3.8, 4) is 0 Å². The third kappa shape index (κ3) is 1.95. The second-order valence-electron chi connectivity index (χ2n) is 2.65. The van der Waals surface area contributed by atoms with Crippen molar-refractivity contribution in [2.24, 2.45) is 0 Å². The van der Waals surface area contributed by atoms with Crippen LogP contribution in [0, 0.1) is 0 Å². The van der Waals surface area contributed by atoms with E-state index in [4.69, 9.17) is 9.84 Å². The minimum absolute atomic E-state index is 0.110. The highest BCUT2D eigenvalue weighted by Crippen LogP contribution is 2.14. The van der Waals surface area contributed by atoms with Crippen molar-refractivity contribution in [1.82, 2.24) is 0 Å². The van der Waals surface area contributed by atoms with E-state index >= 15 is 0 Å². The van der Waals surface area contributed by atoms with Gasteiger partial charge in [0.05, 0.1) is 12.2 Å². The molecule has 0 aromatic heterocycles. The summed E-state index contributed by atoms with van der Waals surface area (Å²) in [7, 11) is 0. The molecular formula is C7H14O2. The zero-order chi connectivity index (χ0) is 6.69. The van der Waals surface area contributed by atoms with E-state index in [1.165, 1.54) is 6.42 Å². The first-order valence-corrected chi connectivity index (χ1v) is 3.60. The van der Waals surface area contributed by atoms with E-state index in [0.717, 1.165) is 19.4 Å². The highest BCUT2D eigenvalue weighted by Gasteiger charge is 2.17. The minimum Gasteiger partial charge on any atom is -0.391 e. The molecule has 0 saturated carbocycles. The van der Waals surface area contributed by atoms with Gasteiger partial charge in [0.2, 0.25) is 0 Å². The zero-order valence-electron chi connectivity index (χ0n) is 5.84. The summed E-state index contributed by atoms with van der Waals surface area (Å²) in [5.74, 6) is 0. The zero-order valence-corrected chi connectivity index (χ0v) is 5.84. The lowest BCUT2D eigenvalue weighted by atomic mass is 10.1. The van der Waals surface area contributed by atoms with Crippen molar-refractivity contribution in [3.05, 3.63) is 0 Å². The number of hydrogen-bond donors (Lipinski definition) is 1. The molecule has 0 bridgehead atoms. The summed E-state index contributed by atoms with van der Waals surface area (Å²) < 4.78 is 5.29. The molecule has 1 heterocycles. The topological polar surface area (TPSA) is 29.5 Å². The monoisotopic (exact) mass is 130 g/mol. The van der Waals surface area contributed by atoms with Crippen LogP contribution >= 0.6 is 0 Å². The first-order chi connectivity index (χ1) is 4.30. The van der Waals surface area contributed by atoms with Crippen LogP contribution in [0.25, 0.3) is 0 Å². The molecule has 0 radical (unpaired) electrons. The largest absolute Gasteiger partial charge is 0.391 e. The molecule has 1 rings (SSSR count). The van der Waals surface area contributed by atoms with Crippen LogP contribution in [0.1, 0.15) is 26.2 Å². The lowest BCUT2D eigenvalue weighted by Gasteiger charge is -2.24. The van der Waals surface area contributed by atoms with Gasteiger partial charge in [-0.15, -0.1) is 0 Å². The summed E-state index contributed by atoms with van der Waals surface area (Å²) in [6.45, 7) is 2.62. The van der Waals surface area contributed by atoms with Gasteiger partial charge >= 0.3 is 0 Å². The second-order valence-corrected chi connectivity index (χ2v) is 2.65. The third-order valence-corrected chi connectivity index (χ3v) is 1.75. The molecule has 1 aliphatic rings. The highest BCUT2D eigenvalue weighted by atomic mass is 16.5. The van der Waals surface area contributed by atoms with Crippen LogP contribution in [0.2, 0.25) is 0 Å². The summed E-state index contributed by atoms with van der Waals surface area (Å²) in [4.78, 5) is 0. The molecule has 2 nitrogen and oxygen atoms in total. The number of rotatable bonds is 1. The SMILES string of the molecule is C[C@H](O)[C@H]1CCCCO1. The molecule has 1 saturated heterocycles. The fourth-order valence-electron chi connectivity index (χ4n) is 1.15. The van der Waals surface area contributed by atoms with Gasteiger partial charge in [-0.25, -0.2) is 0 Å². The fourth-order valence-corrected chi connectivity index (χ4v) is 1.15. The average Bonchev–Trinajstić information content (AvgIpc) is 1.90. The van der Waals surface area contributed by atoms with Crippen molar-refractivity contribution in [1.29, 1.82) is 0 Å². The second kappa shape index (κ2) is 3.18. The Balaban J connectivity index is 2.23. The summed E-state index contributed by atoms with van der Waals surface area (Å²) >= 11 is 0. The van der Waals surface area contributed by atoms with Crippen molar-refractivity contribution < 1.29 is 9.84 Å². The average molecular weight is 130 g/mol. The van der Waals surface area contributed by atoms with E-state index in [1.54, 1.807) is 6.92 Å². The molecule has 1 fully saturated rings. The molecular weight excluding hydrogens is 116 g/mol. The molecule has 1 aliphatic heterocycles. The van der Waals surface area contributed by atoms with Gasteiger partial charge in [0.25, 0.3) is 0 Å². The van der Waals surface area contributed by atoms with Crippen LogP contribution in [0.3, 0.4) is 0 Å². The summed E-state index contributed by atoms with van der Waals surface area (Å²) in [6, 6.07) is 0. The molecule has 0 amide bonds. The Kier molecular flexibility index (Phi) is 2.49. The predicted molar refractivity (Wildman–Crippen MR) is 35.3 cm³/mol. The maximum absolute atomic E-state index is 9.05. The van der Waals surface area contributed by atoms with Crippen LogP contribution in [0.15, 0.2) is 0 Å². The standard InChI is InChI=1S/C7H14O2/c1-6(8)7-4-2-3-5-9-7/h6-8H,2-5H2,1H3/t6-,7+/m0/s1. The van der Waals surface area contributed by atoms with Gasteiger partial charge in [-0.2, -0.15) is 0 Å². The number of hydrogen-bond acceptors (Lipinski definition) is 2. The Hall–Kier alpha value is -0.0800. The molecule has 54 valence electrons. The van der Waals surface area contributed by atoms with Crippen LogP contribution in [0.5, 0.6) is 0 Å². The van der Waals surface area contributed by atoms with Crippen LogP contribution in [0.4, 0.5) is 0 Å². The number of aliphatic hydroxyl groups excluding tert-OH is 1. The Labute approximate surface area is 55.8 Å². The van der Waals surface area contributed by atoms with Gasteiger partial charge in [-0.05, 0) is 26.2 Å². The van der Waals surface area contributed by atoms with Crippen LogP contribution < -0.4 is 0 Å². The van der Waals surface area contributed by atoms with E-state index in [2.05, 4.69) is 0 Å².